The lowest BCUT2D eigenvalue weighted by Crippen LogP contribution is -2.46. The Bertz CT molecular complexity index is 497. The highest BCUT2D eigenvalue weighted by Crippen LogP contribution is 2.23. The van der Waals surface area contributed by atoms with E-state index in [4.69, 9.17) is 0 Å². The van der Waals surface area contributed by atoms with Crippen molar-refractivity contribution in [3.05, 3.63) is 34.1 Å². The molecule has 1 aliphatic heterocycles. The Kier molecular flexibility index (Phi) is 5.76. The molecule has 1 heterocycles. The molecule has 0 aliphatic carbocycles. The summed E-state index contributed by atoms with van der Waals surface area (Å²) in [6.07, 6.45) is 1.97. The summed E-state index contributed by atoms with van der Waals surface area (Å²) in [4.78, 5) is 16.8. The Morgan fingerprint density at radius 3 is 2.52 bits per heavy atom. The van der Waals surface area contributed by atoms with Crippen molar-refractivity contribution in [2.45, 2.75) is 32.7 Å². The highest BCUT2D eigenvalue weighted by atomic mass is 79.9. The van der Waals surface area contributed by atoms with E-state index >= 15 is 0 Å². The topological polar surface area (TPSA) is 23.6 Å². The van der Waals surface area contributed by atoms with Gasteiger partial charge in [-0.25, -0.2) is 4.39 Å². The van der Waals surface area contributed by atoms with Gasteiger partial charge in [-0.15, -0.1) is 0 Å². The maximum atomic E-state index is 13.3. The third-order valence-electron chi connectivity index (χ3n) is 4.24. The predicted molar refractivity (Wildman–Crippen MR) is 85.9 cm³/mol. The number of carbonyl (C=O) groups is 1. The lowest BCUT2D eigenvalue weighted by molar-refractivity contribution is 0.0630. The summed E-state index contributed by atoms with van der Waals surface area (Å²) in [7, 11) is 0. The van der Waals surface area contributed by atoms with Crippen molar-refractivity contribution >= 4 is 21.8 Å². The van der Waals surface area contributed by atoms with Gasteiger partial charge < -0.3 is 9.80 Å². The molecule has 1 aromatic carbocycles. The summed E-state index contributed by atoms with van der Waals surface area (Å²) >= 11 is 3.33. The summed E-state index contributed by atoms with van der Waals surface area (Å²) in [5, 5.41) is 0. The van der Waals surface area contributed by atoms with E-state index in [0.29, 0.717) is 16.1 Å². The molecule has 2 rings (SSSR count). The first kappa shape index (κ1) is 16.4. The minimum Gasteiger partial charge on any atom is -0.338 e. The van der Waals surface area contributed by atoms with Gasteiger partial charge >= 0.3 is 0 Å². The van der Waals surface area contributed by atoms with Crippen molar-refractivity contribution in [3.8, 4) is 0 Å². The van der Waals surface area contributed by atoms with Gasteiger partial charge in [-0.2, -0.15) is 0 Å². The molecule has 0 atom stereocenters. The Morgan fingerprint density at radius 1 is 1.33 bits per heavy atom. The largest absolute Gasteiger partial charge is 0.338 e. The first-order valence-corrected chi connectivity index (χ1v) is 8.34. The second-order valence-corrected chi connectivity index (χ2v) is 6.22. The zero-order valence-electron chi connectivity index (χ0n) is 12.6. The summed E-state index contributed by atoms with van der Waals surface area (Å²) < 4.78 is 14.0. The van der Waals surface area contributed by atoms with Crippen molar-refractivity contribution in [2.75, 3.05) is 26.2 Å². The number of nitrogens with zero attached hydrogens (tertiary/aromatic N) is 2. The fourth-order valence-corrected chi connectivity index (χ4v) is 3.42. The number of halogens is 2. The summed E-state index contributed by atoms with van der Waals surface area (Å²) in [6, 6.07) is 4.81. The average molecular weight is 357 g/mol. The lowest BCUT2D eigenvalue weighted by atomic mass is 10.0. The van der Waals surface area contributed by atoms with Crippen LogP contribution in [0.3, 0.4) is 0 Å². The number of amides is 1. The van der Waals surface area contributed by atoms with Crippen molar-refractivity contribution in [1.29, 1.82) is 0 Å². The maximum absolute atomic E-state index is 13.3. The molecule has 3 nitrogen and oxygen atoms in total. The molecule has 0 N–H and O–H groups in total. The van der Waals surface area contributed by atoms with E-state index in [0.717, 1.165) is 39.0 Å². The van der Waals surface area contributed by atoms with Crippen LogP contribution < -0.4 is 0 Å². The van der Waals surface area contributed by atoms with Crippen LogP contribution in [0.4, 0.5) is 4.39 Å². The van der Waals surface area contributed by atoms with Crippen LogP contribution in [0.1, 0.15) is 37.0 Å². The SMILES string of the molecule is CCN(CC)C1CCN(C(=O)c2cc(F)ccc2Br)CC1. The second-order valence-electron chi connectivity index (χ2n) is 5.37. The van der Waals surface area contributed by atoms with Crippen LogP contribution >= 0.6 is 15.9 Å². The number of likely N-dealkylation sites (tertiary alicyclic amines) is 1. The Labute approximate surface area is 134 Å². The van der Waals surface area contributed by atoms with Gasteiger partial charge in [0.2, 0.25) is 0 Å². The van der Waals surface area contributed by atoms with Gasteiger partial charge in [-0.1, -0.05) is 13.8 Å². The summed E-state index contributed by atoms with van der Waals surface area (Å²) in [5.41, 5.74) is 0.413. The lowest BCUT2D eigenvalue weighted by Gasteiger charge is -2.37. The highest BCUT2D eigenvalue weighted by molar-refractivity contribution is 9.10. The van der Waals surface area contributed by atoms with Gasteiger partial charge in [0, 0.05) is 23.6 Å². The number of benzene rings is 1. The average Bonchev–Trinajstić information content (AvgIpc) is 2.51. The van der Waals surface area contributed by atoms with Crippen LogP contribution in [0.15, 0.2) is 22.7 Å². The standard InChI is InChI=1S/C16H22BrFN2O/c1-3-19(4-2)13-7-9-20(10-8-13)16(21)14-11-12(18)5-6-15(14)17/h5-6,11,13H,3-4,7-10H2,1-2H3. The van der Waals surface area contributed by atoms with Crippen LogP contribution in [0, 0.1) is 5.82 Å². The van der Waals surface area contributed by atoms with Crippen LogP contribution in [-0.4, -0.2) is 47.9 Å². The minimum absolute atomic E-state index is 0.0839. The molecule has 1 fully saturated rings. The van der Waals surface area contributed by atoms with E-state index in [1.165, 1.54) is 12.1 Å². The molecule has 0 saturated carbocycles. The van der Waals surface area contributed by atoms with E-state index in [9.17, 15) is 9.18 Å². The van der Waals surface area contributed by atoms with Gasteiger partial charge in [-0.3, -0.25) is 4.79 Å². The molecule has 5 heteroatoms. The first-order valence-electron chi connectivity index (χ1n) is 7.55. The Balaban J connectivity index is 2.02. The number of hydrogen-bond donors (Lipinski definition) is 0. The first-order chi connectivity index (χ1) is 10.1. The van der Waals surface area contributed by atoms with E-state index < -0.39 is 0 Å². The van der Waals surface area contributed by atoms with Crippen molar-refractivity contribution in [1.82, 2.24) is 9.80 Å². The van der Waals surface area contributed by atoms with Gasteiger partial charge in [0.1, 0.15) is 5.82 Å². The van der Waals surface area contributed by atoms with Gasteiger partial charge in [0.25, 0.3) is 5.91 Å². The molecule has 1 aliphatic rings. The zero-order valence-corrected chi connectivity index (χ0v) is 14.2. The normalized spacial score (nSPS) is 16.5. The van der Waals surface area contributed by atoms with E-state index in [1.54, 1.807) is 6.07 Å². The van der Waals surface area contributed by atoms with Crippen LogP contribution in [0.5, 0.6) is 0 Å². The summed E-state index contributed by atoms with van der Waals surface area (Å²) in [5.74, 6) is -0.459. The molecule has 0 unspecified atom stereocenters. The third-order valence-corrected chi connectivity index (χ3v) is 4.93. The maximum Gasteiger partial charge on any atom is 0.255 e. The van der Waals surface area contributed by atoms with E-state index in [1.807, 2.05) is 4.90 Å². The Morgan fingerprint density at radius 2 is 1.95 bits per heavy atom. The molecular weight excluding hydrogens is 335 g/mol. The highest BCUT2D eigenvalue weighted by Gasteiger charge is 2.27. The summed E-state index contributed by atoms with van der Waals surface area (Å²) in [6.45, 7) is 7.91. The molecule has 0 bridgehead atoms. The number of hydrogen-bond acceptors (Lipinski definition) is 2. The molecule has 0 aromatic heterocycles. The number of carbonyl (C=O) groups excluding carboxylic acids is 1. The van der Waals surface area contributed by atoms with Crippen molar-refractivity contribution < 1.29 is 9.18 Å². The third kappa shape index (κ3) is 3.83. The predicted octanol–water partition coefficient (Wildman–Crippen LogP) is 3.53. The van der Waals surface area contributed by atoms with Crippen molar-refractivity contribution in [3.63, 3.8) is 0 Å². The second kappa shape index (κ2) is 7.36. The molecule has 21 heavy (non-hydrogen) atoms. The van der Waals surface area contributed by atoms with Gasteiger partial charge in [0.05, 0.1) is 5.56 Å². The van der Waals surface area contributed by atoms with E-state index in [-0.39, 0.29) is 11.7 Å². The fraction of sp³-hybridized carbons (Fsp3) is 0.562. The molecule has 1 saturated heterocycles. The molecule has 116 valence electrons. The molecular formula is C16H22BrFN2O. The minimum atomic E-state index is -0.375. The monoisotopic (exact) mass is 356 g/mol. The molecule has 1 aromatic rings. The quantitative estimate of drug-likeness (QED) is 0.823. The van der Waals surface area contributed by atoms with Crippen LogP contribution in [-0.2, 0) is 0 Å². The number of piperidine rings is 1. The molecule has 0 spiro atoms. The van der Waals surface area contributed by atoms with Crippen LogP contribution in [0.2, 0.25) is 0 Å². The molecule has 0 radical (unpaired) electrons. The fourth-order valence-electron chi connectivity index (χ4n) is 3.01. The smallest absolute Gasteiger partial charge is 0.255 e. The van der Waals surface area contributed by atoms with Gasteiger partial charge in [0.15, 0.2) is 0 Å². The van der Waals surface area contributed by atoms with Crippen molar-refractivity contribution in [2.24, 2.45) is 0 Å². The molecule has 1 amide bonds. The Hall–Kier alpha value is -0.940. The van der Waals surface area contributed by atoms with Gasteiger partial charge in [-0.05, 0) is 60.1 Å². The number of rotatable bonds is 4. The van der Waals surface area contributed by atoms with E-state index in [2.05, 4.69) is 34.7 Å². The zero-order chi connectivity index (χ0) is 15.4. The van der Waals surface area contributed by atoms with Crippen LogP contribution in [0.25, 0.3) is 0 Å².